The van der Waals surface area contributed by atoms with Crippen LogP contribution in [0.5, 0.6) is 0 Å². The molecule has 4 nitrogen and oxygen atoms in total. The summed E-state index contributed by atoms with van der Waals surface area (Å²) in [4.78, 5) is 0. The van der Waals surface area contributed by atoms with Gasteiger partial charge in [0.15, 0.2) is 0 Å². The first-order valence-electron chi connectivity index (χ1n) is 5.51. The molecule has 1 aliphatic rings. The Morgan fingerprint density at radius 1 is 1.41 bits per heavy atom. The van der Waals surface area contributed by atoms with Crippen molar-refractivity contribution >= 4 is 10.0 Å². The van der Waals surface area contributed by atoms with Crippen molar-refractivity contribution in [1.29, 1.82) is 0 Å². The van der Waals surface area contributed by atoms with Gasteiger partial charge in [-0.15, -0.1) is 0 Å². The molecule has 2 N–H and O–H groups in total. The summed E-state index contributed by atoms with van der Waals surface area (Å²) in [6.07, 6.45) is 0.876. The molecular formula is C11H15FN2O2S. The zero-order valence-electron chi connectivity index (χ0n) is 9.32. The lowest BCUT2D eigenvalue weighted by Crippen LogP contribution is -2.49. The Bertz CT molecular complexity index is 486. The fourth-order valence-corrected chi connectivity index (χ4v) is 2.95. The average Bonchev–Trinajstić information content (AvgIpc) is 2.23. The van der Waals surface area contributed by atoms with Crippen LogP contribution in [-0.4, -0.2) is 26.8 Å². The summed E-state index contributed by atoms with van der Waals surface area (Å²) in [7, 11) is -3.34. The maximum atomic E-state index is 13.3. The number of nitrogens with one attached hydrogen (secondary N) is 2. The highest BCUT2D eigenvalue weighted by Gasteiger charge is 2.23. The third-order valence-corrected chi connectivity index (χ3v) is 4.21. The summed E-state index contributed by atoms with van der Waals surface area (Å²) in [5, 5.41) is 3.02. The van der Waals surface area contributed by atoms with Gasteiger partial charge in [0.25, 0.3) is 0 Å². The van der Waals surface area contributed by atoms with E-state index in [-0.39, 0.29) is 18.3 Å². The number of hydrogen-bond acceptors (Lipinski definition) is 3. The third-order valence-electron chi connectivity index (χ3n) is 2.79. The van der Waals surface area contributed by atoms with Crippen molar-refractivity contribution in [3.63, 3.8) is 0 Å². The van der Waals surface area contributed by atoms with Crippen molar-refractivity contribution < 1.29 is 12.8 Å². The number of hydrogen-bond donors (Lipinski definition) is 2. The van der Waals surface area contributed by atoms with Crippen LogP contribution in [-0.2, 0) is 16.6 Å². The Morgan fingerprint density at radius 3 is 2.71 bits per heavy atom. The second kappa shape index (κ2) is 5.12. The van der Waals surface area contributed by atoms with Crippen molar-refractivity contribution in [2.45, 2.75) is 19.0 Å². The second-order valence-corrected chi connectivity index (χ2v) is 5.99. The van der Waals surface area contributed by atoms with E-state index in [9.17, 15) is 12.8 Å². The number of sulfonamides is 1. The standard InChI is InChI=1S/C11H15FN2O2S/c12-11-4-2-1-3-9(11)7-14-17(15,16)8-10-5-6-13-10/h1-4,10,13-14H,5-8H2. The molecule has 0 radical (unpaired) electrons. The maximum absolute atomic E-state index is 13.3. The minimum Gasteiger partial charge on any atom is -0.313 e. The van der Waals surface area contributed by atoms with Gasteiger partial charge in [-0.25, -0.2) is 17.5 Å². The van der Waals surface area contributed by atoms with Crippen molar-refractivity contribution in [2.24, 2.45) is 0 Å². The summed E-state index contributed by atoms with van der Waals surface area (Å²) in [6, 6.07) is 6.18. The molecule has 1 saturated heterocycles. The summed E-state index contributed by atoms with van der Waals surface area (Å²) < 4.78 is 39.0. The van der Waals surface area contributed by atoms with E-state index in [1.165, 1.54) is 6.07 Å². The van der Waals surface area contributed by atoms with Crippen LogP contribution in [0.15, 0.2) is 24.3 Å². The highest BCUT2D eigenvalue weighted by molar-refractivity contribution is 7.89. The summed E-state index contributed by atoms with van der Waals surface area (Å²) in [5.74, 6) is -0.335. The van der Waals surface area contributed by atoms with Crippen LogP contribution in [0.4, 0.5) is 4.39 Å². The van der Waals surface area contributed by atoms with Gasteiger partial charge < -0.3 is 5.32 Å². The first-order chi connectivity index (χ1) is 8.07. The van der Waals surface area contributed by atoms with Crippen molar-refractivity contribution in [1.82, 2.24) is 10.0 Å². The number of halogens is 1. The zero-order valence-corrected chi connectivity index (χ0v) is 10.1. The quantitative estimate of drug-likeness (QED) is 0.813. The molecule has 6 heteroatoms. The van der Waals surface area contributed by atoms with E-state index in [0.29, 0.717) is 5.56 Å². The molecule has 0 aromatic heterocycles. The molecule has 2 rings (SSSR count). The highest BCUT2D eigenvalue weighted by Crippen LogP contribution is 2.08. The molecule has 1 unspecified atom stereocenters. The van der Waals surface area contributed by atoms with Crippen LogP contribution in [0.2, 0.25) is 0 Å². The molecule has 1 aromatic rings. The van der Waals surface area contributed by atoms with Crippen LogP contribution in [0.1, 0.15) is 12.0 Å². The molecule has 17 heavy (non-hydrogen) atoms. The molecule has 0 aliphatic carbocycles. The van der Waals surface area contributed by atoms with E-state index < -0.39 is 15.8 Å². The molecule has 0 saturated carbocycles. The molecule has 1 aliphatic heterocycles. The van der Waals surface area contributed by atoms with Crippen LogP contribution in [0.3, 0.4) is 0 Å². The van der Waals surface area contributed by atoms with Crippen LogP contribution in [0.25, 0.3) is 0 Å². The van der Waals surface area contributed by atoms with E-state index in [2.05, 4.69) is 10.0 Å². The maximum Gasteiger partial charge on any atom is 0.213 e. The zero-order chi connectivity index (χ0) is 12.3. The molecule has 94 valence electrons. The molecule has 0 amide bonds. The van der Waals surface area contributed by atoms with E-state index in [4.69, 9.17) is 0 Å². The van der Waals surface area contributed by atoms with Gasteiger partial charge in [0, 0.05) is 18.2 Å². The predicted octanol–water partition coefficient (Wildman–Crippen LogP) is 0.607. The summed E-state index contributed by atoms with van der Waals surface area (Å²) in [6.45, 7) is 0.870. The lowest BCUT2D eigenvalue weighted by molar-refractivity contribution is 0.397. The van der Waals surface area contributed by atoms with Gasteiger partial charge in [0.1, 0.15) is 5.82 Å². The Morgan fingerprint density at radius 2 is 2.12 bits per heavy atom. The molecule has 1 atom stereocenters. The lowest BCUT2D eigenvalue weighted by Gasteiger charge is -2.27. The fourth-order valence-electron chi connectivity index (χ4n) is 1.64. The first kappa shape index (κ1) is 12.5. The van der Waals surface area contributed by atoms with Crippen LogP contribution >= 0.6 is 0 Å². The van der Waals surface area contributed by atoms with Crippen LogP contribution in [0, 0.1) is 5.82 Å². The minimum atomic E-state index is -3.34. The van der Waals surface area contributed by atoms with Gasteiger partial charge >= 0.3 is 0 Å². The van der Waals surface area contributed by atoms with Crippen LogP contribution < -0.4 is 10.0 Å². The van der Waals surface area contributed by atoms with E-state index in [0.717, 1.165) is 13.0 Å². The topological polar surface area (TPSA) is 58.2 Å². The Kier molecular flexibility index (Phi) is 3.76. The van der Waals surface area contributed by atoms with Gasteiger partial charge in [-0.1, -0.05) is 18.2 Å². The predicted molar refractivity (Wildman–Crippen MR) is 63.4 cm³/mol. The Hall–Kier alpha value is -0.980. The molecule has 0 spiro atoms. The smallest absolute Gasteiger partial charge is 0.213 e. The van der Waals surface area contributed by atoms with Crippen molar-refractivity contribution in [3.05, 3.63) is 35.6 Å². The van der Waals surface area contributed by atoms with Crippen molar-refractivity contribution in [3.8, 4) is 0 Å². The minimum absolute atomic E-state index is 0.00171. The molecular weight excluding hydrogens is 243 g/mol. The number of rotatable bonds is 5. The second-order valence-electron chi connectivity index (χ2n) is 4.13. The molecule has 1 fully saturated rings. The van der Waals surface area contributed by atoms with Crippen molar-refractivity contribution in [2.75, 3.05) is 12.3 Å². The van der Waals surface area contributed by atoms with Gasteiger partial charge in [0.05, 0.1) is 5.75 Å². The fraction of sp³-hybridized carbons (Fsp3) is 0.455. The van der Waals surface area contributed by atoms with Gasteiger partial charge in [-0.3, -0.25) is 0 Å². The third kappa shape index (κ3) is 3.49. The lowest BCUT2D eigenvalue weighted by atomic mass is 10.1. The highest BCUT2D eigenvalue weighted by atomic mass is 32.2. The van der Waals surface area contributed by atoms with E-state index in [1.807, 2.05) is 0 Å². The normalized spacial score (nSPS) is 19.9. The number of benzene rings is 1. The summed E-state index contributed by atoms with van der Waals surface area (Å²) >= 11 is 0. The van der Waals surface area contributed by atoms with E-state index in [1.54, 1.807) is 18.2 Å². The first-order valence-corrected chi connectivity index (χ1v) is 7.16. The van der Waals surface area contributed by atoms with E-state index >= 15 is 0 Å². The monoisotopic (exact) mass is 258 g/mol. The average molecular weight is 258 g/mol. The Balaban J connectivity index is 1.90. The molecule has 1 aromatic carbocycles. The Labute approximate surface area is 100 Å². The van der Waals surface area contributed by atoms with Gasteiger partial charge in [-0.2, -0.15) is 0 Å². The molecule has 0 bridgehead atoms. The van der Waals surface area contributed by atoms with Gasteiger partial charge in [0.2, 0.25) is 10.0 Å². The van der Waals surface area contributed by atoms with Gasteiger partial charge in [-0.05, 0) is 19.0 Å². The largest absolute Gasteiger partial charge is 0.313 e. The SMILES string of the molecule is O=S(=O)(CC1CCN1)NCc1ccccc1F. The molecule has 1 heterocycles. The summed E-state index contributed by atoms with van der Waals surface area (Å²) in [5.41, 5.74) is 0.359.